The average Bonchev–Trinajstić information content (AvgIpc) is 2.55. The lowest BCUT2D eigenvalue weighted by atomic mass is 10.1. The van der Waals surface area contributed by atoms with Crippen LogP contribution in [0.5, 0.6) is 0 Å². The van der Waals surface area contributed by atoms with Crippen molar-refractivity contribution in [2.24, 2.45) is 0 Å². The molecule has 25 heavy (non-hydrogen) atoms. The Morgan fingerprint density at radius 3 is 2.40 bits per heavy atom. The number of esters is 1. The number of halogens is 1. The maximum atomic E-state index is 12.1. The van der Waals surface area contributed by atoms with Gasteiger partial charge in [0.1, 0.15) is 0 Å². The summed E-state index contributed by atoms with van der Waals surface area (Å²) >= 11 is 6.07. The topological polar surface area (TPSA) is 67.4 Å². The van der Waals surface area contributed by atoms with Crippen LogP contribution in [-0.2, 0) is 9.53 Å². The SMILES string of the molecule is COC(=O)c1ccc(Cl)c(NC(=O)CCNc2cc(C)cc(C)c2)c1. The van der Waals surface area contributed by atoms with Gasteiger partial charge in [-0.15, -0.1) is 0 Å². The molecule has 0 saturated carbocycles. The minimum absolute atomic E-state index is 0.194. The van der Waals surface area contributed by atoms with Crippen LogP contribution in [0.4, 0.5) is 11.4 Å². The molecule has 0 bridgehead atoms. The first-order valence-electron chi connectivity index (χ1n) is 7.89. The number of nitrogens with one attached hydrogen (secondary N) is 2. The summed E-state index contributed by atoms with van der Waals surface area (Å²) in [6.45, 7) is 4.55. The molecule has 0 spiro atoms. The van der Waals surface area contributed by atoms with Crippen LogP contribution in [0, 0.1) is 13.8 Å². The Kier molecular flexibility index (Phi) is 6.42. The molecule has 0 aliphatic carbocycles. The van der Waals surface area contributed by atoms with E-state index in [2.05, 4.69) is 21.4 Å². The van der Waals surface area contributed by atoms with Gasteiger partial charge < -0.3 is 15.4 Å². The van der Waals surface area contributed by atoms with Gasteiger partial charge in [-0.1, -0.05) is 17.7 Å². The fraction of sp³-hybridized carbons (Fsp3) is 0.263. The molecule has 0 saturated heterocycles. The summed E-state index contributed by atoms with van der Waals surface area (Å²) in [5.74, 6) is -0.676. The molecule has 0 radical (unpaired) electrons. The first kappa shape index (κ1) is 18.8. The van der Waals surface area contributed by atoms with Gasteiger partial charge in [0.25, 0.3) is 0 Å². The molecule has 0 aromatic heterocycles. The number of carbonyl (C=O) groups excluding carboxylic acids is 2. The van der Waals surface area contributed by atoms with Crippen molar-refractivity contribution in [3.05, 3.63) is 58.1 Å². The van der Waals surface area contributed by atoms with E-state index in [1.807, 2.05) is 26.0 Å². The molecule has 0 heterocycles. The highest BCUT2D eigenvalue weighted by Crippen LogP contribution is 2.23. The van der Waals surface area contributed by atoms with Gasteiger partial charge in [0.05, 0.1) is 23.4 Å². The fourth-order valence-corrected chi connectivity index (χ4v) is 2.64. The average molecular weight is 361 g/mol. The van der Waals surface area contributed by atoms with E-state index in [0.717, 1.165) is 5.69 Å². The molecular formula is C19H21ClN2O3. The van der Waals surface area contributed by atoms with Crippen molar-refractivity contribution in [3.63, 3.8) is 0 Å². The molecule has 6 heteroatoms. The van der Waals surface area contributed by atoms with Crippen molar-refractivity contribution < 1.29 is 14.3 Å². The summed E-state index contributed by atoms with van der Waals surface area (Å²) in [4.78, 5) is 23.7. The Morgan fingerprint density at radius 2 is 1.76 bits per heavy atom. The summed E-state index contributed by atoms with van der Waals surface area (Å²) in [5, 5.41) is 6.31. The fourth-order valence-electron chi connectivity index (χ4n) is 2.48. The van der Waals surface area contributed by atoms with E-state index in [9.17, 15) is 9.59 Å². The molecule has 2 rings (SSSR count). The van der Waals surface area contributed by atoms with E-state index in [4.69, 9.17) is 11.6 Å². The standard InChI is InChI=1S/C19H21ClN2O3/c1-12-8-13(2)10-15(9-12)21-7-6-18(23)22-17-11-14(19(24)25-3)4-5-16(17)20/h4-5,8-11,21H,6-7H2,1-3H3,(H,22,23). The molecule has 2 aromatic rings. The van der Waals surface area contributed by atoms with Crippen molar-refractivity contribution in [3.8, 4) is 0 Å². The van der Waals surface area contributed by atoms with E-state index in [1.165, 1.54) is 24.3 Å². The first-order valence-corrected chi connectivity index (χ1v) is 8.26. The van der Waals surface area contributed by atoms with Crippen LogP contribution in [0.25, 0.3) is 0 Å². The Bertz CT molecular complexity index is 770. The molecule has 0 fully saturated rings. The lowest BCUT2D eigenvalue weighted by molar-refractivity contribution is -0.115. The zero-order valence-electron chi connectivity index (χ0n) is 14.5. The van der Waals surface area contributed by atoms with Crippen molar-refractivity contribution in [1.29, 1.82) is 0 Å². The third-order valence-corrected chi connectivity index (χ3v) is 3.89. The Hall–Kier alpha value is -2.53. The molecule has 0 aliphatic heterocycles. The van der Waals surface area contributed by atoms with Gasteiger partial charge in [-0.2, -0.15) is 0 Å². The third-order valence-electron chi connectivity index (χ3n) is 3.56. The van der Waals surface area contributed by atoms with Crippen LogP contribution in [0.1, 0.15) is 27.9 Å². The summed E-state index contributed by atoms with van der Waals surface area (Å²) in [5.41, 5.74) is 4.03. The summed E-state index contributed by atoms with van der Waals surface area (Å²) in [6, 6.07) is 10.8. The minimum atomic E-state index is -0.483. The second-order valence-electron chi connectivity index (χ2n) is 5.79. The molecule has 0 aliphatic rings. The third kappa shape index (κ3) is 5.50. The second-order valence-corrected chi connectivity index (χ2v) is 6.19. The van der Waals surface area contributed by atoms with Crippen LogP contribution >= 0.6 is 11.6 Å². The van der Waals surface area contributed by atoms with Crippen LogP contribution in [0.2, 0.25) is 5.02 Å². The molecule has 132 valence electrons. The Labute approximate surface area is 152 Å². The monoisotopic (exact) mass is 360 g/mol. The highest BCUT2D eigenvalue weighted by molar-refractivity contribution is 6.33. The lowest BCUT2D eigenvalue weighted by Gasteiger charge is -2.11. The van der Waals surface area contributed by atoms with Gasteiger partial charge in [-0.05, 0) is 55.3 Å². The zero-order chi connectivity index (χ0) is 18.4. The number of benzene rings is 2. The predicted octanol–water partition coefficient (Wildman–Crippen LogP) is 4.18. The molecule has 0 atom stereocenters. The maximum absolute atomic E-state index is 12.1. The van der Waals surface area contributed by atoms with Gasteiger partial charge in [0, 0.05) is 18.7 Å². The van der Waals surface area contributed by atoms with Crippen molar-refractivity contribution in [2.75, 3.05) is 24.3 Å². The predicted molar refractivity (Wildman–Crippen MR) is 100 cm³/mol. The molecule has 5 nitrogen and oxygen atoms in total. The van der Waals surface area contributed by atoms with Gasteiger partial charge in [-0.3, -0.25) is 4.79 Å². The van der Waals surface area contributed by atoms with Crippen LogP contribution < -0.4 is 10.6 Å². The molecule has 1 amide bonds. The number of carbonyl (C=O) groups is 2. The first-order chi connectivity index (χ1) is 11.9. The number of hydrogen-bond acceptors (Lipinski definition) is 4. The highest BCUT2D eigenvalue weighted by atomic mass is 35.5. The van der Waals surface area contributed by atoms with Crippen LogP contribution in [0.3, 0.4) is 0 Å². The van der Waals surface area contributed by atoms with E-state index >= 15 is 0 Å². The van der Waals surface area contributed by atoms with Crippen molar-refractivity contribution in [2.45, 2.75) is 20.3 Å². The number of anilines is 2. The van der Waals surface area contributed by atoms with Gasteiger partial charge >= 0.3 is 5.97 Å². The van der Waals surface area contributed by atoms with Gasteiger partial charge in [0.15, 0.2) is 0 Å². The summed E-state index contributed by atoms with van der Waals surface area (Å²) < 4.78 is 4.66. The number of ether oxygens (including phenoxy) is 1. The van der Waals surface area contributed by atoms with E-state index in [-0.39, 0.29) is 12.3 Å². The number of hydrogen-bond donors (Lipinski definition) is 2. The number of aryl methyl sites for hydroxylation is 2. The van der Waals surface area contributed by atoms with E-state index < -0.39 is 5.97 Å². The zero-order valence-corrected chi connectivity index (χ0v) is 15.2. The smallest absolute Gasteiger partial charge is 0.337 e. The van der Waals surface area contributed by atoms with E-state index in [0.29, 0.717) is 22.8 Å². The van der Waals surface area contributed by atoms with Gasteiger partial charge in [0.2, 0.25) is 5.91 Å². The van der Waals surface area contributed by atoms with E-state index in [1.54, 1.807) is 12.1 Å². The minimum Gasteiger partial charge on any atom is -0.465 e. The summed E-state index contributed by atoms with van der Waals surface area (Å²) in [6.07, 6.45) is 0.270. The number of methoxy groups -OCH3 is 1. The molecule has 2 aromatic carbocycles. The number of amides is 1. The summed E-state index contributed by atoms with van der Waals surface area (Å²) in [7, 11) is 1.30. The Morgan fingerprint density at radius 1 is 1.08 bits per heavy atom. The van der Waals surface area contributed by atoms with Crippen molar-refractivity contribution >= 4 is 34.9 Å². The van der Waals surface area contributed by atoms with Crippen molar-refractivity contribution in [1.82, 2.24) is 0 Å². The normalized spacial score (nSPS) is 10.2. The largest absolute Gasteiger partial charge is 0.465 e. The molecular weight excluding hydrogens is 340 g/mol. The van der Waals surface area contributed by atoms with Crippen LogP contribution in [0.15, 0.2) is 36.4 Å². The number of rotatable bonds is 6. The maximum Gasteiger partial charge on any atom is 0.337 e. The molecule has 0 unspecified atom stereocenters. The highest BCUT2D eigenvalue weighted by Gasteiger charge is 2.11. The lowest BCUT2D eigenvalue weighted by Crippen LogP contribution is -2.17. The molecule has 2 N–H and O–H groups in total. The van der Waals surface area contributed by atoms with Crippen LogP contribution in [-0.4, -0.2) is 25.5 Å². The second kappa shape index (κ2) is 8.53. The quantitative estimate of drug-likeness (QED) is 0.758. The Balaban J connectivity index is 1.93. The van der Waals surface area contributed by atoms with Gasteiger partial charge in [-0.25, -0.2) is 4.79 Å².